The largest absolute Gasteiger partial charge is 0.365 e. The first-order valence-electron chi connectivity index (χ1n) is 6.37. The number of benzene rings is 1. The minimum atomic E-state index is -1.01. The van der Waals surface area contributed by atoms with E-state index in [0.717, 1.165) is 9.13 Å². The molecule has 0 aliphatic heterocycles. The molecular formula is C14H15FN4O3. The zero-order chi connectivity index (χ0) is 16.6. The molecule has 0 saturated carbocycles. The molecule has 1 heterocycles. The number of nitrogens with two attached hydrogens (primary N) is 1. The Kier molecular flexibility index (Phi) is 3.85. The van der Waals surface area contributed by atoms with Gasteiger partial charge in [0.2, 0.25) is 0 Å². The molecule has 8 heteroatoms. The van der Waals surface area contributed by atoms with Crippen molar-refractivity contribution in [2.75, 3.05) is 5.32 Å². The Morgan fingerprint density at radius 2 is 1.86 bits per heavy atom. The van der Waals surface area contributed by atoms with Crippen molar-refractivity contribution in [1.82, 2.24) is 9.13 Å². The van der Waals surface area contributed by atoms with Gasteiger partial charge in [0.1, 0.15) is 17.2 Å². The van der Waals surface area contributed by atoms with Crippen LogP contribution < -0.4 is 22.3 Å². The third-order valence-electron chi connectivity index (χ3n) is 3.29. The maximum atomic E-state index is 13.9. The van der Waals surface area contributed by atoms with Crippen molar-refractivity contribution < 1.29 is 9.18 Å². The van der Waals surface area contributed by atoms with Crippen LogP contribution in [-0.2, 0) is 14.1 Å². The van der Waals surface area contributed by atoms with E-state index in [-0.39, 0.29) is 11.5 Å². The van der Waals surface area contributed by atoms with Gasteiger partial charge in [-0.3, -0.25) is 18.7 Å². The van der Waals surface area contributed by atoms with Crippen molar-refractivity contribution in [3.63, 3.8) is 0 Å². The molecule has 0 bridgehead atoms. The number of rotatable bonds is 3. The summed E-state index contributed by atoms with van der Waals surface area (Å²) in [5, 5.41) is 2.60. The molecule has 1 aromatic carbocycles. The second kappa shape index (κ2) is 5.47. The van der Waals surface area contributed by atoms with Crippen LogP contribution in [0.2, 0.25) is 0 Å². The van der Waals surface area contributed by atoms with Crippen LogP contribution in [0.15, 0.2) is 27.8 Å². The molecule has 0 unspecified atom stereocenters. The highest BCUT2D eigenvalue weighted by Crippen LogP contribution is 2.21. The van der Waals surface area contributed by atoms with E-state index < -0.39 is 28.5 Å². The van der Waals surface area contributed by atoms with Crippen LogP contribution >= 0.6 is 0 Å². The quantitative estimate of drug-likeness (QED) is 0.856. The summed E-state index contributed by atoms with van der Waals surface area (Å²) in [4.78, 5) is 35.6. The number of hydrogen-bond acceptors (Lipinski definition) is 4. The Balaban J connectivity index is 2.72. The lowest BCUT2D eigenvalue weighted by atomic mass is 10.2. The standard InChI is InChI=1S/C14H15FN4O3/c1-7-4-5-9(8(15)6-7)17-12-10(11(16)20)13(21)19(3)14(22)18(12)2/h4-6,17H,1-3H3,(H2,16,20). The summed E-state index contributed by atoms with van der Waals surface area (Å²) in [6, 6.07) is 4.37. The highest BCUT2D eigenvalue weighted by Gasteiger charge is 2.20. The summed E-state index contributed by atoms with van der Waals surface area (Å²) >= 11 is 0. The number of aromatic nitrogens is 2. The molecule has 0 saturated heterocycles. The average molecular weight is 306 g/mol. The first-order chi connectivity index (χ1) is 10.2. The molecule has 2 aromatic rings. The van der Waals surface area contributed by atoms with Crippen molar-refractivity contribution in [1.29, 1.82) is 0 Å². The fraction of sp³-hybridized carbons (Fsp3) is 0.214. The Bertz CT molecular complexity index is 883. The molecule has 0 fully saturated rings. The van der Waals surface area contributed by atoms with Crippen LogP contribution in [0.1, 0.15) is 15.9 Å². The summed E-state index contributed by atoms with van der Waals surface area (Å²) in [5.74, 6) is -1.74. The number of nitrogens with zero attached hydrogens (tertiary/aromatic N) is 2. The van der Waals surface area contributed by atoms with Crippen molar-refractivity contribution in [2.24, 2.45) is 19.8 Å². The van der Waals surface area contributed by atoms with Gasteiger partial charge in [-0.2, -0.15) is 0 Å². The predicted octanol–water partition coefficient (Wildman–Crippen LogP) is 0.374. The van der Waals surface area contributed by atoms with Crippen LogP contribution in [0.3, 0.4) is 0 Å². The molecule has 116 valence electrons. The van der Waals surface area contributed by atoms with Crippen LogP contribution in [0.4, 0.5) is 15.9 Å². The van der Waals surface area contributed by atoms with E-state index >= 15 is 0 Å². The van der Waals surface area contributed by atoms with Crippen LogP contribution in [0.25, 0.3) is 0 Å². The van der Waals surface area contributed by atoms with Gasteiger partial charge in [-0.15, -0.1) is 0 Å². The summed E-state index contributed by atoms with van der Waals surface area (Å²) in [6.07, 6.45) is 0. The van der Waals surface area contributed by atoms with E-state index in [0.29, 0.717) is 5.56 Å². The number of anilines is 2. The number of amides is 1. The van der Waals surface area contributed by atoms with Crippen molar-refractivity contribution in [2.45, 2.75) is 6.92 Å². The molecule has 22 heavy (non-hydrogen) atoms. The molecule has 3 N–H and O–H groups in total. The number of carbonyl (C=O) groups is 1. The van der Waals surface area contributed by atoms with Gasteiger partial charge in [0.05, 0.1) is 5.69 Å². The molecule has 1 aromatic heterocycles. The number of nitrogens with one attached hydrogen (secondary N) is 1. The lowest BCUT2D eigenvalue weighted by Gasteiger charge is -2.15. The molecule has 0 aliphatic carbocycles. The molecular weight excluding hydrogens is 291 g/mol. The molecule has 0 spiro atoms. The van der Waals surface area contributed by atoms with Crippen LogP contribution in [0.5, 0.6) is 0 Å². The third kappa shape index (κ3) is 2.50. The first kappa shape index (κ1) is 15.5. The van der Waals surface area contributed by atoms with Gasteiger partial charge >= 0.3 is 5.69 Å². The predicted molar refractivity (Wildman–Crippen MR) is 79.9 cm³/mol. The highest BCUT2D eigenvalue weighted by atomic mass is 19.1. The maximum absolute atomic E-state index is 13.9. The zero-order valence-electron chi connectivity index (χ0n) is 12.3. The van der Waals surface area contributed by atoms with E-state index in [1.54, 1.807) is 13.0 Å². The minimum absolute atomic E-state index is 0.0244. The smallest absolute Gasteiger partial charge is 0.332 e. The highest BCUT2D eigenvalue weighted by molar-refractivity contribution is 5.97. The van der Waals surface area contributed by atoms with Gasteiger partial charge < -0.3 is 11.1 Å². The molecule has 2 rings (SSSR count). The SMILES string of the molecule is Cc1ccc(Nc2c(C(N)=O)c(=O)n(C)c(=O)n2C)c(F)c1. The topological polar surface area (TPSA) is 99.1 Å². The van der Waals surface area contributed by atoms with Crippen LogP contribution in [0, 0.1) is 12.7 Å². The second-order valence-corrected chi connectivity index (χ2v) is 4.90. The van der Waals surface area contributed by atoms with Crippen LogP contribution in [-0.4, -0.2) is 15.0 Å². The number of carbonyl (C=O) groups excluding carboxylic acids is 1. The van der Waals surface area contributed by atoms with E-state index in [9.17, 15) is 18.8 Å². The van der Waals surface area contributed by atoms with Gasteiger partial charge in [0.25, 0.3) is 11.5 Å². The fourth-order valence-electron chi connectivity index (χ4n) is 2.06. The Hall–Kier alpha value is -2.90. The van der Waals surface area contributed by atoms with Crippen molar-refractivity contribution in [3.05, 3.63) is 56.0 Å². The van der Waals surface area contributed by atoms with Gasteiger partial charge in [-0.05, 0) is 24.6 Å². The average Bonchev–Trinajstić information content (AvgIpc) is 2.44. The number of halogens is 1. The van der Waals surface area contributed by atoms with Gasteiger partial charge in [0.15, 0.2) is 0 Å². The summed E-state index contributed by atoms with van der Waals surface area (Å²) in [5.41, 5.74) is 4.03. The van der Waals surface area contributed by atoms with E-state index in [1.807, 2.05) is 0 Å². The van der Waals surface area contributed by atoms with Gasteiger partial charge in [-0.1, -0.05) is 6.07 Å². The molecule has 0 atom stereocenters. The molecule has 7 nitrogen and oxygen atoms in total. The number of aryl methyl sites for hydroxylation is 1. The summed E-state index contributed by atoms with van der Waals surface area (Å²) < 4.78 is 15.7. The molecule has 0 aliphatic rings. The fourth-order valence-corrected chi connectivity index (χ4v) is 2.06. The van der Waals surface area contributed by atoms with Gasteiger partial charge in [-0.25, -0.2) is 9.18 Å². The maximum Gasteiger partial charge on any atom is 0.332 e. The Labute approximate surface area is 124 Å². The lowest BCUT2D eigenvalue weighted by Crippen LogP contribution is -2.42. The second-order valence-electron chi connectivity index (χ2n) is 4.90. The first-order valence-corrected chi connectivity index (χ1v) is 6.37. The van der Waals surface area contributed by atoms with E-state index in [2.05, 4.69) is 5.32 Å². The normalized spacial score (nSPS) is 10.5. The summed E-state index contributed by atoms with van der Waals surface area (Å²) in [7, 11) is 2.58. The minimum Gasteiger partial charge on any atom is -0.365 e. The lowest BCUT2D eigenvalue weighted by molar-refractivity contribution is 0.0998. The zero-order valence-corrected chi connectivity index (χ0v) is 12.3. The third-order valence-corrected chi connectivity index (χ3v) is 3.29. The molecule has 1 amide bonds. The Morgan fingerprint density at radius 3 is 2.41 bits per heavy atom. The van der Waals surface area contributed by atoms with E-state index in [4.69, 9.17) is 5.73 Å². The Morgan fingerprint density at radius 1 is 1.23 bits per heavy atom. The molecule has 0 radical (unpaired) electrons. The van der Waals surface area contributed by atoms with Crippen molar-refractivity contribution >= 4 is 17.4 Å². The monoisotopic (exact) mass is 306 g/mol. The number of hydrogen-bond donors (Lipinski definition) is 2. The van der Waals surface area contributed by atoms with Gasteiger partial charge in [0, 0.05) is 14.1 Å². The van der Waals surface area contributed by atoms with E-state index in [1.165, 1.54) is 26.2 Å². The van der Waals surface area contributed by atoms with Crippen molar-refractivity contribution in [3.8, 4) is 0 Å². The number of primary amides is 1. The summed E-state index contributed by atoms with van der Waals surface area (Å²) in [6.45, 7) is 1.72.